The van der Waals surface area contributed by atoms with Crippen molar-refractivity contribution in [1.82, 2.24) is 9.80 Å². The van der Waals surface area contributed by atoms with E-state index in [2.05, 4.69) is 5.32 Å². The number of nitrogens with zero attached hydrogens (tertiary/aromatic N) is 3. The van der Waals surface area contributed by atoms with Crippen LogP contribution in [0.15, 0.2) is 99.0 Å². The van der Waals surface area contributed by atoms with E-state index < -0.39 is 23.9 Å². The van der Waals surface area contributed by atoms with E-state index >= 15 is 0 Å². The fourth-order valence-electron chi connectivity index (χ4n) is 6.49. The second-order valence-electron chi connectivity index (χ2n) is 12.4. The van der Waals surface area contributed by atoms with Crippen molar-refractivity contribution in [3.8, 4) is 0 Å². The van der Waals surface area contributed by atoms with Crippen LogP contribution in [0.2, 0.25) is 0 Å². The molecule has 2 aliphatic rings. The van der Waals surface area contributed by atoms with Gasteiger partial charge < -0.3 is 15.1 Å². The molecule has 5 heterocycles. The highest BCUT2D eigenvalue weighted by atomic mass is 32.1. The molecule has 2 aliphatic heterocycles. The molecular formula is C39H34N4O5S3. The Morgan fingerprint density at radius 2 is 1.12 bits per heavy atom. The zero-order valence-electron chi connectivity index (χ0n) is 27.5. The van der Waals surface area contributed by atoms with Crippen molar-refractivity contribution in [2.75, 3.05) is 23.3 Å². The average molecular weight is 735 g/mol. The Kier molecular flexibility index (Phi) is 10.3. The van der Waals surface area contributed by atoms with Gasteiger partial charge >= 0.3 is 0 Å². The molecule has 0 spiro atoms. The highest BCUT2D eigenvalue weighted by molar-refractivity contribution is 7.08. The number of imide groups is 1. The summed E-state index contributed by atoms with van der Waals surface area (Å²) in [7, 11) is 0. The van der Waals surface area contributed by atoms with Gasteiger partial charge in [-0.05, 0) is 95.4 Å². The molecule has 2 atom stereocenters. The van der Waals surface area contributed by atoms with Crippen molar-refractivity contribution < 1.29 is 24.0 Å². The highest BCUT2D eigenvalue weighted by Crippen LogP contribution is 2.28. The van der Waals surface area contributed by atoms with Gasteiger partial charge in [0.1, 0.15) is 12.1 Å². The van der Waals surface area contributed by atoms with Gasteiger partial charge in [-0.1, -0.05) is 36.4 Å². The quantitative estimate of drug-likeness (QED) is 0.123. The molecule has 0 saturated carbocycles. The topological polar surface area (TPSA) is 107 Å². The maximum absolute atomic E-state index is 14.1. The van der Waals surface area contributed by atoms with Crippen molar-refractivity contribution in [1.29, 1.82) is 0 Å². The maximum atomic E-state index is 14.1. The van der Waals surface area contributed by atoms with Crippen LogP contribution < -0.4 is 10.2 Å². The number of amides is 5. The molecule has 0 aliphatic carbocycles. The third-order valence-corrected chi connectivity index (χ3v) is 11.2. The fraction of sp³-hybridized carbons (Fsp3) is 0.205. The van der Waals surface area contributed by atoms with Crippen LogP contribution in [0.4, 0.5) is 11.4 Å². The van der Waals surface area contributed by atoms with Gasteiger partial charge in [-0.25, -0.2) is 4.90 Å². The zero-order chi connectivity index (χ0) is 35.3. The molecule has 1 N–H and O–H groups in total. The van der Waals surface area contributed by atoms with Gasteiger partial charge in [0.15, 0.2) is 0 Å². The van der Waals surface area contributed by atoms with Crippen LogP contribution in [0, 0.1) is 0 Å². The van der Waals surface area contributed by atoms with Crippen LogP contribution in [-0.4, -0.2) is 64.5 Å². The van der Waals surface area contributed by atoms with Crippen molar-refractivity contribution in [2.45, 2.75) is 37.8 Å². The van der Waals surface area contributed by atoms with E-state index in [1.807, 2.05) is 59.3 Å². The minimum absolute atomic E-state index is 0.113. The van der Waals surface area contributed by atoms with Crippen molar-refractivity contribution in [2.24, 2.45) is 0 Å². The summed E-state index contributed by atoms with van der Waals surface area (Å²) in [5.41, 5.74) is 4.42. The number of rotatable bonds is 9. The molecule has 258 valence electrons. The second-order valence-corrected chi connectivity index (χ2v) is 14.7. The Bertz CT molecular complexity index is 2040. The fourth-order valence-corrected chi connectivity index (χ4v) is 8.38. The lowest BCUT2D eigenvalue weighted by atomic mass is 10.1. The van der Waals surface area contributed by atoms with Gasteiger partial charge in [0, 0.05) is 34.9 Å². The normalized spacial score (nSPS) is 17.2. The number of carbonyl (C=O) groups excluding carboxylic acids is 5. The highest BCUT2D eigenvalue weighted by Gasteiger charge is 2.40. The van der Waals surface area contributed by atoms with Crippen LogP contribution in [0.1, 0.15) is 67.9 Å². The Morgan fingerprint density at radius 1 is 0.627 bits per heavy atom. The first-order chi connectivity index (χ1) is 24.9. The largest absolute Gasteiger partial charge is 0.327 e. The minimum Gasteiger partial charge on any atom is -0.327 e. The van der Waals surface area contributed by atoms with Crippen LogP contribution in [0.25, 0.3) is 12.2 Å². The second kappa shape index (κ2) is 15.4. The first-order valence-corrected chi connectivity index (χ1v) is 19.5. The van der Waals surface area contributed by atoms with E-state index in [0.29, 0.717) is 60.4 Å². The molecule has 3 aromatic heterocycles. The summed E-state index contributed by atoms with van der Waals surface area (Å²) in [6, 6.07) is 18.6. The number of anilines is 2. The number of nitrogens with one attached hydrogen (secondary N) is 1. The predicted octanol–water partition coefficient (Wildman–Crippen LogP) is 7.76. The number of hydrogen-bond donors (Lipinski definition) is 1. The lowest BCUT2D eigenvalue weighted by Crippen LogP contribution is -2.50. The Labute approximate surface area is 307 Å². The van der Waals surface area contributed by atoms with Gasteiger partial charge in [0.2, 0.25) is 5.91 Å². The molecule has 12 heteroatoms. The molecule has 5 aromatic rings. The number of likely N-dealkylation sites (tertiary alicyclic amines) is 2. The summed E-state index contributed by atoms with van der Waals surface area (Å²) < 4.78 is 0. The molecule has 7 rings (SSSR count). The molecule has 2 saturated heterocycles. The first kappa shape index (κ1) is 34.3. The lowest BCUT2D eigenvalue weighted by Gasteiger charge is -2.29. The van der Waals surface area contributed by atoms with Crippen LogP contribution in [0.5, 0.6) is 0 Å². The minimum atomic E-state index is -0.738. The molecule has 51 heavy (non-hydrogen) atoms. The van der Waals surface area contributed by atoms with Crippen LogP contribution in [-0.2, 0) is 9.59 Å². The van der Waals surface area contributed by atoms with Gasteiger partial charge in [-0.2, -0.15) is 34.0 Å². The molecule has 2 fully saturated rings. The molecule has 0 unspecified atom stereocenters. The van der Waals surface area contributed by atoms with Crippen LogP contribution in [0.3, 0.4) is 0 Å². The monoisotopic (exact) mass is 734 g/mol. The van der Waals surface area contributed by atoms with E-state index in [9.17, 15) is 24.0 Å². The average Bonchev–Trinajstić information content (AvgIpc) is 4.00. The van der Waals surface area contributed by atoms with Gasteiger partial charge in [0.05, 0.1) is 22.4 Å². The van der Waals surface area contributed by atoms with E-state index in [1.165, 1.54) is 38.9 Å². The van der Waals surface area contributed by atoms with Crippen LogP contribution >= 0.6 is 34.0 Å². The smallest absolute Gasteiger partial charge is 0.265 e. The van der Waals surface area contributed by atoms with E-state index in [0.717, 1.165) is 17.5 Å². The summed E-state index contributed by atoms with van der Waals surface area (Å²) in [6.45, 7) is 1.02. The van der Waals surface area contributed by atoms with Gasteiger partial charge in [-0.3, -0.25) is 24.0 Å². The summed E-state index contributed by atoms with van der Waals surface area (Å²) in [5.74, 6) is -1.36. The van der Waals surface area contributed by atoms with E-state index in [4.69, 9.17) is 0 Å². The summed E-state index contributed by atoms with van der Waals surface area (Å²) in [5, 5.41) is 13.8. The molecule has 0 radical (unpaired) electrons. The SMILES string of the molecule is O=C(Nc1ccc(C=Cc2ccc(N(C(=O)c3ccsc3)C(=O)[C@@H]3CCCN3C(=O)c3ccsc3)cc2)cc1)[C@@H]1CCCN1C(=O)c1ccsc1. The molecule has 5 amide bonds. The lowest BCUT2D eigenvalue weighted by molar-refractivity contribution is -0.121. The molecule has 9 nitrogen and oxygen atoms in total. The molecule has 2 aromatic carbocycles. The van der Waals surface area contributed by atoms with E-state index in [-0.39, 0.29) is 17.7 Å². The third-order valence-electron chi connectivity index (χ3n) is 9.14. The summed E-state index contributed by atoms with van der Waals surface area (Å²) in [6.07, 6.45) is 6.44. The number of benzene rings is 2. The van der Waals surface area contributed by atoms with Crippen molar-refractivity contribution >= 4 is 87.1 Å². The van der Waals surface area contributed by atoms with Crippen molar-refractivity contribution in [3.63, 3.8) is 0 Å². The van der Waals surface area contributed by atoms with Gasteiger partial charge in [-0.15, -0.1) is 0 Å². The van der Waals surface area contributed by atoms with Gasteiger partial charge in [0.25, 0.3) is 23.6 Å². The number of thiophene rings is 3. The molecular weight excluding hydrogens is 701 g/mol. The first-order valence-electron chi connectivity index (χ1n) is 16.6. The number of carbonyl (C=O) groups is 5. The Hall–Kier alpha value is -5.17. The summed E-state index contributed by atoms with van der Waals surface area (Å²) >= 11 is 4.27. The Balaban J connectivity index is 1.02. The summed E-state index contributed by atoms with van der Waals surface area (Å²) in [4.78, 5) is 71.5. The predicted molar refractivity (Wildman–Crippen MR) is 203 cm³/mol. The molecule has 0 bridgehead atoms. The zero-order valence-corrected chi connectivity index (χ0v) is 29.9. The maximum Gasteiger partial charge on any atom is 0.265 e. The Morgan fingerprint density at radius 3 is 1.65 bits per heavy atom. The standard InChI is InChI=1S/C39H34N4O5S3/c44-35(33-3-1-18-41(33)36(45)28-15-20-49-23-28)40-31-11-7-26(8-12-31)5-6-27-9-13-32(14-10-27)43(38(47)30-17-22-51-25-30)39(48)34-4-2-19-42(34)37(46)29-16-21-50-24-29/h5-17,20-25,33-34H,1-4,18-19H2,(H,40,44)/t33-,34-/m0/s1. The van der Waals surface area contributed by atoms with E-state index in [1.54, 1.807) is 61.7 Å². The third kappa shape index (κ3) is 7.48. The number of hydrogen-bond acceptors (Lipinski definition) is 8. The van der Waals surface area contributed by atoms with Crippen molar-refractivity contribution in [3.05, 3.63) is 127 Å².